The number of amides is 2. The minimum atomic E-state index is -0.601. The normalized spacial score (nSPS) is 30.3. The molecule has 5 heteroatoms. The largest absolute Gasteiger partial charge is 0.274 e. The third-order valence-electron chi connectivity index (χ3n) is 7.79. The maximum atomic E-state index is 14.0. The number of halogens is 2. The summed E-state index contributed by atoms with van der Waals surface area (Å²) >= 11 is 12.5. The minimum absolute atomic E-state index is 0.197. The molecule has 3 aromatic carbocycles. The van der Waals surface area contributed by atoms with Gasteiger partial charge in [-0.2, -0.15) is 0 Å². The molecule has 7 rings (SSSR count). The van der Waals surface area contributed by atoms with Crippen molar-refractivity contribution in [3.8, 4) is 0 Å². The zero-order chi connectivity index (χ0) is 21.7. The lowest BCUT2D eigenvalue weighted by molar-refractivity contribution is -0.124. The highest BCUT2D eigenvalue weighted by Crippen LogP contribution is 2.66. The molecule has 1 aliphatic heterocycles. The maximum Gasteiger partial charge on any atom is 0.239 e. The first-order valence-corrected chi connectivity index (χ1v) is 11.1. The van der Waals surface area contributed by atoms with Crippen LogP contribution in [-0.4, -0.2) is 11.8 Å². The van der Waals surface area contributed by atoms with E-state index in [2.05, 4.69) is 38.1 Å². The van der Waals surface area contributed by atoms with Gasteiger partial charge in [0.25, 0.3) is 0 Å². The van der Waals surface area contributed by atoms with Crippen molar-refractivity contribution < 1.29 is 9.59 Å². The van der Waals surface area contributed by atoms with Gasteiger partial charge in [0.05, 0.1) is 22.5 Å². The summed E-state index contributed by atoms with van der Waals surface area (Å²) in [6.07, 6.45) is 0. The molecule has 0 spiro atoms. The Balaban J connectivity index is 1.66. The Hall–Kier alpha value is -2.62. The van der Waals surface area contributed by atoms with Gasteiger partial charge in [0.2, 0.25) is 11.8 Å². The molecule has 2 unspecified atom stereocenters. The molecular formula is C26H19Cl2NO2. The number of nitrogens with zero attached hydrogens (tertiary/aromatic N) is 1. The summed E-state index contributed by atoms with van der Waals surface area (Å²) in [4.78, 5) is 29.2. The molecule has 0 aromatic heterocycles. The third-order valence-corrected chi connectivity index (χ3v) is 8.33. The van der Waals surface area contributed by atoms with Crippen LogP contribution in [0.3, 0.4) is 0 Å². The highest BCUT2D eigenvalue weighted by atomic mass is 35.5. The summed E-state index contributed by atoms with van der Waals surface area (Å²) in [6.45, 7) is 4.22. The molecule has 0 N–H and O–H groups in total. The van der Waals surface area contributed by atoms with Gasteiger partial charge in [0.15, 0.2) is 0 Å². The fourth-order valence-corrected chi connectivity index (χ4v) is 6.96. The predicted octanol–water partition coefficient (Wildman–Crippen LogP) is 5.74. The quantitative estimate of drug-likeness (QED) is 0.446. The van der Waals surface area contributed by atoms with Gasteiger partial charge in [-0.3, -0.25) is 9.59 Å². The van der Waals surface area contributed by atoms with Crippen molar-refractivity contribution in [3.05, 3.63) is 99.0 Å². The van der Waals surface area contributed by atoms with Gasteiger partial charge >= 0.3 is 0 Å². The molecule has 1 heterocycles. The van der Waals surface area contributed by atoms with Crippen molar-refractivity contribution in [2.75, 3.05) is 4.90 Å². The molecule has 2 amide bonds. The van der Waals surface area contributed by atoms with Crippen LogP contribution in [0.25, 0.3) is 0 Å². The summed E-state index contributed by atoms with van der Waals surface area (Å²) in [5.41, 5.74) is 3.71. The SMILES string of the molecule is CC12c3ccccc3C(C)(c3ccccc31)C1C(=O)N(c3ccc(Cl)cc3Cl)C(=O)C12. The molecule has 154 valence electrons. The summed E-state index contributed by atoms with van der Waals surface area (Å²) in [6, 6.07) is 21.4. The van der Waals surface area contributed by atoms with Crippen LogP contribution in [0.15, 0.2) is 66.7 Å². The van der Waals surface area contributed by atoms with Crippen LogP contribution < -0.4 is 4.90 Å². The molecule has 3 aliphatic carbocycles. The fourth-order valence-electron chi connectivity index (χ4n) is 6.47. The van der Waals surface area contributed by atoms with Gasteiger partial charge in [-0.05, 0) is 40.5 Å². The Bertz CT molecular complexity index is 1190. The first kappa shape index (κ1) is 19.1. The Morgan fingerprint density at radius 2 is 1.13 bits per heavy atom. The summed E-state index contributed by atoms with van der Waals surface area (Å²) in [5.74, 6) is -1.39. The molecule has 3 nitrogen and oxygen atoms in total. The molecule has 1 saturated heterocycles. The Kier molecular flexibility index (Phi) is 3.69. The van der Waals surface area contributed by atoms with Crippen LogP contribution in [0.1, 0.15) is 36.1 Å². The van der Waals surface area contributed by atoms with Crippen molar-refractivity contribution in [3.63, 3.8) is 0 Å². The lowest BCUT2D eigenvalue weighted by Gasteiger charge is -2.57. The first-order chi connectivity index (χ1) is 14.8. The lowest BCUT2D eigenvalue weighted by atomic mass is 9.42. The second-order valence-corrected chi connectivity index (χ2v) is 9.90. The molecule has 4 aliphatic rings. The fraction of sp³-hybridized carbons (Fsp3) is 0.231. The van der Waals surface area contributed by atoms with E-state index in [1.807, 2.05) is 24.3 Å². The number of imide groups is 1. The van der Waals surface area contributed by atoms with Crippen LogP contribution in [-0.2, 0) is 20.4 Å². The van der Waals surface area contributed by atoms with Crippen LogP contribution in [0.4, 0.5) is 5.69 Å². The predicted molar refractivity (Wildman–Crippen MR) is 122 cm³/mol. The van der Waals surface area contributed by atoms with E-state index in [1.54, 1.807) is 18.2 Å². The van der Waals surface area contributed by atoms with Crippen molar-refractivity contribution in [2.45, 2.75) is 24.7 Å². The van der Waals surface area contributed by atoms with Crippen molar-refractivity contribution in [2.24, 2.45) is 11.8 Å². The second-order valence-electron chi connectivity index (χ2n) is 9.06. The van der Waals surface area contributed by atoms with Crippen molar-refractivity contribution in [1.29, 1.82) is 0 Å². The van der Waals surface area contributed by atoms with E-state index in [1.165, 1.54) is 4.90 Å². The van der Waals surface area contributed by atoms with E-state index in [9.17, 15) is 9.59 Å². The Morgan fingerprint density at radius 1 is 0.710 bits per heavy atom. The van der Waals surface area contributed by atoms with Crippen molar-refractivity contribution in [1.82, 2.24) is 0 Å². The van der Waals surface area contributed by atoms with E-state index in [0.717, 1.165) is 22.3 Å². The van der Waals surface area contributed by atoms with Crippen LogP contribution in [0.2, 0.25) is 10.0 Å². The van der Waals surface area contributed by atoms with Gasteiger partial charge < -0.3 is 0 Å². The summed E-state index contributed by atoms with van der Waals surface area (Å²) in [7, 11) is 0. The van der Waals surface area contributed by atoms with Gasteiger partial charge in [0, 0.05) is 15.9 Å². The van der Waals surface area contributed by atoms with E-state index in [-0.39, 0.29) is 11.8 Å². The molecule has 2 atom stereocenters. The standard InChI is InChI=1S/C26H19Cl2NO2/c1-25-15-7-3-5-9-17(15)26(2,18-10-6-4-8-16(18)25)22-21(25)23(30)29(24(22)31)20-12-11-14(27)13-19(20)28/h3-13,21-22H,1-2H3. The smallest absolute Gasteiger partial charge is 0.239 e. The highest BCUT2D eigenvalue weighted by Gasteiger charge is 2.70. The monoisotopic (exact) mass is 447 g/mol. The number of carbonyl (C=O) groups is 2. The maximum absolute atomic E-state index is 14.0. The second kappa shape index (κ2) is 5.99. The third kappa shape index (κ3) is 2.07. The van der Waals surface area contributed by atoms with E-state index in [0.29, 0.717) is 15.7 Å². The van der Waals surface area contributed by atoms with Crippen LogP contribution in [0, 0.1) is 11.8 Å². The molecule has 0 saturated carbocycles. The number of hydrogen-bond acceptors (Lipinski definition) is 2. The summed E-state index contributed by atoms with van der Waals surface area (Å²) in [5, 5.41) is 0.759. The van der Waals surface area contributed by atoms with E-state index >= 15 is 0 Å². The van der Waals surface area contributed by atoms with E-state index in [4.69, 9.17) is 23.2 Å². The molecule has 3 aromatic rings. The number of carbonyl (C=O) groups excluding carboxylic acids is 2. The lowest BCUT2D eigenvalue weighted by Crippen LogP contribution is -2.59. The van der Waals surface area contributed by atoms with Gasteiger partial charge in [0.1, 0.15) is 0 Å². The van der Waals surface area contributed by atoms with Crippen LogP contribution >= 0.6 is 23.2 Å². The minimum Gasteiger partial charge on any atom is -0.274 e. The number of benzene rings is 3. The average Bonchev–Trinajstić information content (AvgIpc) is 3.04. The van der Waals surface area contributed by atoms with Gasteiger partial charge in [-0.25, -0.2) is 4.90 Å². The summed E-state index contributed by atoms with van der Waals surface area (Å²) < 4.78 is 0. The average molecular weight is 448 g/mol. The molecule has 1 fully saturated rings. The molecule has 31 heavy (non-hydrogen) atoms. The molecule has 2 bridgehead atoms. The van der Waals surface area contributed by atoms with E-state index < -0.39 is 22.7 Å². The van der Waals surface area contributed by atoms with Gasteiger partial charge in [-0.1, -0.05) is 85.6 Å². The topological polar surface area (TPSA) is 37.4 Å². The highest BCUT2D eigenvalue weighted by molar-refractivity contribution is 6.38. The number of rotatable bonds is 1. The zero-order valence-corrected chi connectivity index (χ0v) is 18.5. The van der Waals surface area contributed by atoms with Gasteiger partial charge in [-0.15, -0.1) is 0 Å². The number of hydrogen-bond donors (Lipinski definition) is 0. The Morgan fingerprint density at radius 3 is 1.52 bits per heavy atom. The van der Waals surface area contributed by atoms with Crippen molar-refractivity contribution >= 4 is 40.7 Å². The zero-order valence-electron chi connectivity index (χ0n) is 17.0. The molecular weight excluding hydrogens is 429 g/mol. The van der Waals surface area contributed by atoms with Crippen LogP contribution in [0.5, 0.6) is 0 Å². The number of anilines is 1. The molecule has 0 radical (unpaired) electrons. The Labute approximate surface area is 190 Å². The first-order valence-electron chi connectivity index (χ1n) is 10.3.